The fraction of sp³-hybridized carbons (Fsp3) is 0.294. The summed E-state index contributed by atoms with van der Waals surface area (Å²) in [6.07, 6.45) is 4.51. The first kappa shape index (κ1) is 15.7. The first-order valence-corrected chi connectivity index (χ1v) is 7.90. The topological polar surface area (TPSA) is 68.0 Å². The van der Waals surface area contributed by atoms with Crippen LogP contribution in [-0.2, 0) is 0 Å². The minimum atomic E-state index is -0.559. The number of primary amides is 1. The summed E-state index contributed by atoms with van der Waals surface area (Å²) in [4.78, 5) is 15.3. The molecule has 1 aromatic carbocycles. The normalized spacial score (nSPS) is 20.4. The number of nitrogens with one attached hydrogen (secondary N) is 1. The van der Waals surface area contributed by atoms with Crippen LogP contribution >= 0.6 is 11.6 Å². The minimum Gasteiger partial charge on any atom is -0.366 e. The molecule has 3 N–H and O–H groups in total. The summed E-state index contributed by atoms with van der Waals surface area (Å²) in [5.74, 6) is 0.0268. The van der Waals surface area contributed by atoms with E-state index in [2.05, 4.69) is 10.3 Å². The fourth-order valence-electron chi connectivity index (χ4n) is 3.10. The Morgan fingerprint density at radius 2 is 2.04 bits per heavy atom. The Morgan fingerprint density at radius 3 is 2.70 bits per heavy atom. The molecule has 120 valence electrons. The van der Waals surface area contributed by atoms with E-state index in [1.54, 1.807) is 0 Å². The van der Waals surface area contributed by atoms with Gasteiger partial charge in [-0.3, -0.25) is 4.79 Å². The van der Waals surface area contributed by atoms with Crippen LogP contribution in [0.4, 0.5) is 10.2 Å². The zero-order valence-corrected chi connectivity index (χ0v) is 13.2. The van der Waals surface area contributed by atoms with Crippen molar-refractivity contribution in [3.63, 3.8) is 0 Å². The van der Waals surface area contributed by atoms with Gasteiger partial charge < -0.3 is 11.1 Å². The van der Waals surface area contributed by atoms with E-state index in [9.17, 15) is 9.18 Å². The predicted molar refractivity (Wildman–Crippen MR) is 88.2 cm³/mol. The number of aromatic nitrogens is 1. The van der Waals surface area contributed by atoms with Crippen molar-refractivity contribution in [3.8, 4) is 0 Å². The van der Waals surface area contributed by atoms with Crippen LogP contribution in [0.2, 0.25) is 5.02 Å². The quantitative estimate of drug-likeness (QED) is 0.896. The molecule has 1 heterocycles. The van der Waals surface area contributed by atoms with Gasteiger partial charge in [0, 0.05) is 18.2 Å². The Bertz CT molecular complexity index is 720. The van der Waals surface area contributed by atoms with E-state index in [0.29, 0.717) is 10.8 Å². The lowest BCUT2D eigenvalue weighted by atomic mass is 9.94. The van der Waals surface area contributed by atoms with Crippen molar-refractivity contribution >= 4 is 23.3 Å². The van der Waals surface area contributed by atoms with Crippen molar-refractivity contribution in [2.24, 2.45) is 5.73 Å². The average molecular weight is 334 g/mol. The Hall–Kier alpha value is -2.14. The van der Waals surface area contributed by atoms with E-state index in [4.69, 9.17) is 17.3 Å². The first-order valence-electron chi connectivity index (χ1n) is 7.52. The van der Waals surface area contributed by atoms with Gasteiger partial charge in [-0.2, -0.15) is 0 Å². The third-order valence-corrected chi connectivity index (χ3v) is 4.55. The summed E-state index contributed by atoms with van der Waals surface area (Å²) in [7, 11) is 0. The summed E-state index contributed by atoms with van der Waals surface area (Å²) >= 11 is 6.18. The lowest BCUT2D eigenvalue weighted by Crippen LogP contribution is -2.23. The van der Waals surface area contributed by atoms with Gasteiger partial charge in [-0.15, -0.1) is 0 Å². The van der Waals surface area contributed by atoms with E-state index < -0.39 is 5.91 Å². The Balaban J connectivity index is 1.79. The SMILES string of the molecule is NC(=O)c1cnc(NC2CCCC2c2ccc(F)cc2)c(Cl)c1. The molecule has 2 aromatic rings. The molecule has 0 bridgehead atoms. The number of anilines is 1. The Labute approximate surface area is 138 Å². The molecule has 6 heteroatoms. The second kappa shape index (κ2) is 6.54. The number of nitrogens with two attached hydrogens (primary N) is 1. The number of benzene rings is 1. The van der Waals surface area contributed by atoms with E-state index >= 15 is 0 Å². The largest absolute Gasteiger partial charge is 0.366 e. The van der Waals surface area contributed by atoms with Crippen LogP contribution in [0.5, 0.6) is 0 Å². The number of rotatable bonds is 4. The van der Waals surface area contributed by atoms with Gasteiger partial charge in [0.25, 0.3) is 0 Å². The summed E-state index contributed by atoms with van der Waals surface area (Å²) in [5.41, 5.74) is 6.60. The van der Waals surface area contributed by atoms with E-state index in [-0.39, 0.29) is 23.3 Å². The maximum Gasteiger partial charge on any atom is 0.250 e. The monoisotopic (exact) mass is 333 g/mol. The highest BCUT2D eigenvalue weighted by atomic mass is 35.5. The molecule has 4 nitrogen and oxygen atoms in total. The molecule has 1 aromatic heterocycles. The first-order chi connectivity index (χ1) is 11.0. The van der Waals surface area contributed by atoms with Gasteiger partial charge in [-0.05, 0) is 36.6 Å². The van der Waals surface area contributed by atoms with E-state index in [1.165, 1.54) is 24.4 Å². The van der Waals surface area contributed by atoms with Gasteiger partial charge in [0.2, 0.25) is 5.91 Å². The molecule has 3 rings (SSSR count). The van der Waals surface area contributed by atoms with Crippen LogP contribution in [0.25, 0.3) is 0 Å². The van der Waals surface area contributed by atoms with Gasteiger partial charge in [-0.1, -0.05) is 30.2 Å². The van der Waals surface area contributed by atoms with E-state index in [1.807, 2.05) is 12.1 Å². The smallest absolute Gasteiger partial charge is 0.250 e. The molecule has 0 saturated heterocycles. The minimum absolute atomic E-state index is 0.171. The van der Waals surface area contributed by atoms with Crippen molar-refractivity contribution in [2.45, 2.75) is 31.2 Å². The summed E-state index contributed by atoms with van der Waals surface area (Å²) in [6, 6.07) is 8.30. The van der Waals surface area contributed by atoms with Crippen molar-refractivity contribution in [2.75, 3.05) is 5.32 Å². The van der Waals surface area contributed by atoms with Gasteiger partial charge in [-0.25, -0.2) is 9.37 Å². The highest BCUT2D eigenvalue weighted by Crippen LogP contribution is 2.37. The summed E-state index contributed by atoms with van der Waals surface area (Å²) < 4.78 is 13.1. The van der Waals surface area contributed by atoms with Crippen molar-refractivity contribution in [3.05, 3.63) is 58.5 Å². The Kier molecular flexibility index (Phi) is 4.48. The zero-order valence-electron chi connectivity index (χ0n) is 12.4. The molecule has 1 fully saturated rings. The molecule has 2 atom stereocenters. The molecule has 0 aliphatic heterocycles. The molecule has 1 amide bonds. The highest BCUT2D eigenvalue weighted by Gasteiger charge is 2.29. The number of nitrogens with zero attached hydrogens (tertiary/aromatic N) is 1. The maximum absolute atomic E-state index is 13.1. The third kappa shape index (κ3) is 3.45. The molecule has 23 heavy (non-hydrogen) atoms. The van der Waals surface area contributed by atoms with Crippen LogP contribution in [0.15, 0.2) is 36.5 Å². The molecule has 2 unspecified atom stereocenters. The van der Waals surface area contributed by atoms with Crippen LogP contribution in [-0.4, -0.2) is 16.9 Å². The Morgan fingerprint density at radius 1 is 1.30 bits per heavy atom. The number of carbonyl (C=O) groups is 1. The average Bonchev–Trinajstić information content (AvgIpc) is 2.98. The molecule has 1 aliphatic carbocycles. The molecule has 0 spiro atoms. The van der Waals surface area contributed by atoms with Gasteiger partial charge in [0.1, 0.15) is 11.6 Å². The second-order valence-corrected chi connectivity index (χ2v) is 6.17. The second-order valence-electron chi connectivity index (χ2n) is 5.76. The molecule has 0 radical (unpaired) electrons. The summed E-state index contributed by atoms with van der Waals surface area (Å²) in [6.45, 7) is 0. The number of pyridine rings is 1. The maximum atomic E-state index is 13.1. The van der Waals surface area contributed by atoms with Crippen LogP contribution in [0.1, 0.15) is 41.1 Å². The molecular formula is C17H17ClFN3O. The van der Waals surface area contributed by atoms with Gasteiger partial charge >= 0.3 is 0 Å². The van der Waals surface area contributed by atoms with Crippen LogP contribution < -0.4 is 11.1 Å². The molecule has 1 saturated carbocycles. The zero-order chi connectivity index (χ0) is 16.4. The summed E-state index contributed by atoms with van der Waals surface area (Å²) in [5, 5.41) is 3.72. The number of carbonyl (C=O) groups excluding carboxylic acids is 1. The number of amides is 1. The van der Waals surface area contributed by atoms with Crippen LogP contribution in [0.3, 0.4) is 0 Å². The van der Waals surface area contributed by atoms with Gasteiger partial charge in [0.05, 0.1) is 10.6 Å². The van der Waals surface area contributed by atoms with Crippen molar-refractivity contribution in [1.29, 1.82) is 0 Å². The lowest BCUT2D eigenvalue weighted by Gasteiger charge is -2.22. The number of hydrogen-bond donors (Lipinski definition) is 2. The van der Waals surface area contributed by atoms with Crippen LogP contribution in [0, 0.1) is 5.82 Å². The molecule has 1 aliphatic rings. The standard InChI is InChI=1S/C17H17ClFN3O/c18-14-8-11(16(20)23)9-21-17(14)22-15-3-1-2-13(15)10-4-6-12(19)7-5-10/h4-9,13,15H,1-3H2,(H2,20,23)(H,21,22). The number of halogens is 2. The van der Waals surface area contributed by atoms with E-state index in [0.717, 1.165) is 24.8 Å². The lowest BCUT2D eigenvalue weighted by molar-refractivity contribution is 0.1000. The fourth-order valence-corrected chi connectivity index (χ4v) is 3.32. The predicted octanol–water partition coefficient (Wildman–Crippen LogP) is 3.72. The number of hydrogen-bond acceptors (Lipinski definition) is 3. The van der Waals surface area contributed by atoms with Crippen molar-refractivity contribution in [1.82, 2.24) is 4.98 Å². The van der Waals surface area contributed by atoms with Gasteiger partial charge in [0.15, 0.2) is 0 Å². The molecular weight excluding hydrogens is 317 g/mol. The third-order valence-electron chi connectivity index (χ3n) is 4.26. The van der Waals surface area contributed by atoms with Crippen molar-refractivity contribution < 1.29 is 9.18 Å². The highest BCUT2D eigenvalue weighted by molar-refractivity contribution is 6.33.